The number of rotatable bonds is 2. The molecule has 3 heterocycles. The van der Waals surface area contributed by atoms with Gasteiger partial charge in [0.1, 0.15) is 28.4 Å². The number of imidazole rings is 1. The maximum Gasteiger partial charge on any atom is 0.145 e. The van der Waals surface area contributed by atoms with E-state index in [2.05, 4.69) is 36.4 Å². The standard InChI is InChI=1S/C33H22N3O2.Pt/c1-36-18-25(34-33(36)30-26(37)16-17-28-29(30)24-12-6-7-13-27(24)38-28)32-22-11-5-4-10-21(22)23-15-14-19-8-2-3-9-20(19)31(23)35-32;/h2-8,10-13,16-18,37H,14-15H2,1H3;/q-1;. The number of nitrogens with zero attached hydrogens (tertiary/aromatic N) is 3. The van der Waals surface area contributed by atoms with E-state index >= 15 is 0 Å². The first-order valence-electron chi connectivity index (χ1n) is 12.8. The molecule has 0 aliphatic heterocycles. The van der Waals surface area contributed by atoms with Gasteiger partial charge in [-0.3, -0.25) is 4.98 Å². The number of fused-ring (bicyclic) bond motifs is 8. The van der Waals surface area contributed by atoms with Crippen molar-refractivity contribution in [1.29, 1.82) is 0 Å². The van der Waals surface area contributed by atoms with Crippen LogP contribution >= 0.6 is 0 Å². The van der Waals surface area contributed by atoms with Crippen LogP contribution in [0.3, 0.4) is 0 Å². The predicted molar refractivity (Wildman–Crippen MR) is 150 cm³/mol. The molecule has 1 aliphatic rings. The van der Waals surface area contributed by atoms with E-state index in [1.807, 2.05) is 60.3 Å². The van der Waals surface area contributed by atoms with Crippen molar-refractivity contribution in [2.75, 3.05) is 0 Å². The molecule has 0 radical (unpaired) electrons. The first kappa shape index (κ1) is 23.9. The predicted octanol–water partition coefficient (Wildman–Crippen LogP) is 7.47. The van der Waals surface area contributed by atoms with Gasteiger partial charge in [-0.2, -0.15) is 0 Å². The van der Waals surface area contributed by atoms with Crippen molar-refractivity contribution in [2.24, 2.45) is 7.05 Å². The molecule has 0 unspecified atom stereocenters. The Labute approximate surface area is 239 Å². The van der Waals surface area contributed by atoms with E-state index in [0.29, 0.717) is 17.0 Å². The summed E-state index contributed by atoms with van der Waals surface area (Å²) in [5, 5.41) is 15.1. The number of benzene rings is 4. The Morgan fingerprint density at radius 2 is 1.62 bits per heavy atom. The fourth-order valence-electron chi connectivity index (χ4n) is 5.98. The molecule has 3 aromatic heterocycles. The van der Waals surface area contributed by atoms with Crippen molar-refractivity contribution in [2.45, 2.75) is 12.8 Å². The monoisotopic (exact) mass is 687 g/mol. The second-order valence-corrected chi connectivity index (χ2v) is 9.90. The van der Waals surface area contributed by atoms with Gasteiger partial charge in [0, 0.05) is 50.5 Å². The van der Waals surface area contributed by atoms with Gasteiger partial charge in [-0.25, -0.2) is 4.98 Å². The topological polar surface area (TPSA) is 64.1 Å². The van der Waals surface area contributed by atoms with Crippen molar-refractivity contribution in [1.82, 2.24) is 14.5 Å². The number of hydrogen-bond acceptors (Lipinski definition) is 4. The summed E-state index contributed by atoms with van der Waals surface area (Å²) in [6, 6.07) is 29.4. The van der Waals surface area contributed by atoms with Crippen LogP contribution < -0.4 is 0 Å². The average molecular weight is 688 g/mol. The Balaban J connectivity index is 0.00000253. The molecule has 4 aromatic carbocycles. The molecule has 1 aliphatic carbocycles. The van der Waals surface area contributed by atoms with Crippen LogP contribution in [-0.4, -0.2) is 19.6 Å². The van der Waals surface area contributed by atoms with E-state index in [1.165, 1.54) is 16.5 Å². The largest absolute Gasteiger partial charge is 0.507 e. The molecule has 0 bridgehead atoms. The van der Waals surface area contributed by atoms with Crippen LogP contribution in [0.2, 0.25) is 0 Å². The normalized spacial score (nSPS) is 12.4. The summed E-state index contributed by atoms with van der Waals surface area (Å²) >= 11 is 0. The molecule has 0 amide bonds. The van der Waals surface area contributed by atoms with Crippen LogP contribution in [0.25, 0.3) is 66.7 Å². The summed E-state index contributed by atoms with van der Waals surface area (Å²) in [5.41, 5.74) is 8.34. The molecular weight excluding hydrogens is 665 g/mol. The minimum absolute atomic E-state index is 0. The minimum atomic E-state index is 0. The third-order valence-electron chi connectivity index (χ3n) is 7.70. The number of aromatic hydroxyl groups is 1. The van der Waals surface area contributed by atoms with E-state index in [-0.39, 0.29) is 26.8 Å². The van der Waals surface area contributed by atoms with Crippen LogP contribution in [0.15, 0.2) is 89.5 Å². The molecule has 6 heteroatoms. The molecule has 192 valence electrons. The van der Waals surface area contributed by atoms with Crippen molar-refractivity contribution in [3.8, 4) is 39.8 Å². The quantitative estimate of drug-likeness (QED) is 0.192. The van der Waals surface area contributed by atoms with Crippen LogP contribution in [0.5, 0.6) is 5.75 Å². The zero-order chi connectivity index (χ0) is 25.4. The maximum absolute atomic E-state index is 11.1. The molecule has 7 aromatic rings. The van der Waals surface area contributed by atoms with Gasteiger partial charge in [-0.1, -0.05) is 54.4 Å². The number of aryl methyl sites for hydroxylation is 3. The average Bonchev–Trinajstić information content (AvgIpc) is 3.53. The summed E-state index contributed by atoms with van der Waals surface area (Å²) in [5.74, 6) is 0.821. The smallest absolute Gasteiger partial charge is 0.145 e. The zero-order valence-electron chi connectivity index (χ0n) is 21.0. The van der Waals surface area contributed by atoms with Gasteiger partial charge in [0.05, 0.1) is 11.3 Å². The van der Waals surface area contributed by atoms with Gasteiger partial charge in [0.15, 0.2) is 0 Å². The molecule has 8 rings (SSSR count). The van der Waals surface area contributed by atoms with Crippen LogP contribution in [0.4, 0.5) is 0 Å². The second kappa shape index (κ2) is 8.93. The van der Waals surface area contributed by atoms with Crippen LogP contribution in [0.1, 0.15) is 11.1 Å². The number of pyridine rings is 1. The van der Waals surface area contributed by atoms with E-state index in [0.717, 1.165) is 57.2 Å². The number of aromatic nitrogens is 3. The fourth-order valence-corrected chi connectivity index (χ4v) is 5.98. The van der Waals surface area contributed by atoms with Crippen molar-refractivity contribution in [3.63, 3.8) is 0 Å². The zero-order valence-corrected chi connectivity index (χ0v) is 23.3. The Kier molecular flexibility index (Phi) is 5.46. The Morgan fingerprint density at radius 3 is 2.49 bits per heavy atom. The number of hydrogen-bond donors (Lipinski definition) is 1. The van der Waals surface area contributed by atoms with Gasteiger partial charge in [0.2, 0.25) is 0 Å². The Bertz CT molecular complexity index is 2070. The molecule has 1 N–H and O–H groups in total. The van der Waals surface area contributed by atoms with Crippen LogP contribution in [-0.2, 0) is 41.0 Å². The SMILES string of the molecule is Cn1cc(-c2nc3c(c4ccccc24)CCc2ccc[c-]c2-3)nc1-c1c(O)ccc2oc3ccccc3c12.[Pt]. The van der Waals surface area contributed by atoms with Crippen LogP contribution in [0, 0.1) is 6.07 Å². The summed E-state index contributed by atoms with van der Waals surface area (Å²) in [4.78, 5) is 10.3. The van der Waals surface area contributed by atoms with Crippen molar-refractivity contribution < 1.29 is 30.6 Å². The molecule has 39 heavy (non-hydrogen) atoms. The first-order chi connectivity index (χ1) is 18.7. The fraction of sp³-hybridized carbons (Fsp3) is 0.0909. The van der Waals surface area contributed by atoms with Gasteiger partial charge < -0.3 is 14.1 Å². The summed E-state index contributed by atoms with van der Waals surface area (Å²) < 4.78 is 8.05. The summed E-state index contributed by atoms with van der Waals surface area (Å²) in [7, 11) is 1.95. The van der Waals surface area contributed by atoms with E-state index in [1.54, 1.807) is 6.07 Å². The number of para-hydroxylation sites is 1. The van der Waals surface area contributed by atoms with Gasteiger partial charge in [-0.15, -0.1) is 35.4 Å². The summed E-state index contributed by atoms with van der Waals surface area (Å²) in [6.07, 6.45) is 3.93. The van der Waals surface area contributed by atoms with Gasteiger partial charge in [0.25, 0.3) is 0 Å². The Hall–Kier alpha value is -4.21. The molecule has 0 spiro atoms. The second-order valence-electron chi connectivity index (χ2n) is 9.90. The molecular formula is C33H22N3O2Pt-. The Morgan fingerprint density at radius 1 is 0.821 bits per heavy atom. The molecule has 0 atom stereocenters. The molecule has 0 saturated heterocycles. The van der Waals surface area contributed by atoms with E-state index in [9.17, 15) is 5.11 Å². The van der Waals surface area contributed by atoms with Gasteiger partial charge in [-0.05, 0) is 35.7 Å². The van der Waals surface area contributed by atoms with Crippen molar-refractivity contribution in [3.05, 3.63) is 102 Å². The molecule has 0 fully saturated rings. The summed E-state index contributed by atoms with van der Waals surface area (Å²) in [6.45, 7) is 0. The molecule has 5 nitrogen and oxygen atoms in total. The van der Waals surface area contributed by atoms with Crippen molar-refractivity contribution >= 4 is 32.7 Å². The molecule has 0 saturated carbocycles. The number of phenolic OH excluding ortho intramolecular Hbond substituents is 1. The third-order valence-corrected chi connectivity index (χ3v) is 7.70. The number of phenols is 1. The third kappa shape index (κ3) is 3.50. The van der Waals surface area contributed by atoms with E-state index in [4.69, 9.17) is 14.4 Å². The maximum atomic E-state index is 11.1. The van der Waals surface area contributed by atoms with Gasteiger partial charge >= 0.3 is 0 Å². The number of furan rings is 1. The first-order valence-corrected chi connectivity index (χ1v) is 12.8. The minimum Gasteiger partial charge on any atom is -0.507 e. The van der Waals surface area contributed by atoms with E-state index < -0.39 is 0 Å².